The van der Waals surface area contributed by atoms with Crippen molar-refractivity contribution < 1.29 is 61.2 Å². The minimum atomic E-state index is -0.236. The molecular weight excluding hydrogens is 783 g/mol. The van der Waals surface area contributed by atoms with Crippen LogP contribution in [0, 0.1) is 23.2 Å². The van der Waals surface area contributed by atoms with E-state index >= 15 is 0 Å². The molecule has 0 spiro atoms. The second kappa shape index (κ2) is 29.5. The smallest absolute Gasteiger partial charge is 0.857 e. The zero-order chi connectivity index (χ0) is 35.9. The number of aromatic amines is 1. The molecule has 0 unspecified atom stereocenters. The van der Waals surface area contributed by atoms with Gasteiger partial charge in [0.15, 0.2) is 6.29 Å². The molecule has 14 heteroatoms. The first-order chi connectivity index (χ1) is 24.0. The van der Waals surface area contributed by atoms with Crippen molar-refractivity contribution in [1.82, 2.24) is 24.9 Å². The van der Waals surface area contributed by atoms with Crippen LogP contribution in [0.5, 0.6) is 0 Å². The molecule has 3 N–H and O–H groups in total. The maximum absolute atomic E-state index is 8.61. The van der Waals surface area contributed by atoms with E-state index in [1.165, 1.54) is 5.39 Å². The molecular formula is C38H39BrCuN8NaO3. The minimum absolute atomic E-state index is 0. The van der Waals surface area contributed by atoms with Crippen LogP contribution in [0.2, 0.25) is 0 Å². The summed E-state index contributed by atoms with van der Waals surface area (Å²) in [4.78, 5) is 20.0. The number of H-pyrrole nitrogens is 1. The van der Waals surface area contributed by atoms with Gasteiger partial charge < -0.3 is 37.1 Å². The largest absolute Gasteiger partial charge is 1.00 e. The summed E-state index contributed by atoms with van der Waals surface area (Å²) in [6.45, 7) is 5.16. The Balaban J connectivity index is 0. The Kier molecular flexibility index (Phi) is 28.4. The number of pyridine rings is 3. The predicted molar refractivity (Wildman–Crippen MR) is 200 cm³/mol. The van der Waals surface area contributed by atoms with Crippen molar-refractivity contribution in [3.8, 4) is 17.5 Å². The summed E-state index contributed by atoms with van der Waals surface area (Å²) >= 11 is 3.37. The van der Waals surface area contributed by atoms with Gasteiger partial charge in [-0.2, -0.15) is 12.4 Å². The normalized spacial score (nSPS) is 9.00. The Morgan fingerprint density at radius 3 is 1.69 bits per heavy atom. The number of hydrogen-bond acceptors (Lipinski definition) is 10. The first-order valence-corrected chi connectivity index (χ1v) is 15.3. The molecule has 0 saturated carbocycles. The van der Waals surface area contributed by atoms with Crippen LogP contribution >= 0.6 is 15.9 Å². The molecule has 0 saturated heterocycles. The molecule has 7 rings (SSSR count). The summed E-state index contributed by atoms with van der Waals surface area (Å²) in [5.41, 5.74) is 9.73. The first kappa shape index (κ1) is 50.0. The Morgan fingerprint density at radius 1 is 0.788 bits per heavy atom. The van der Waals surface area contributed by atoms with Crippen molar-refractivity contribution in [2.75, 3.05) is 27.9 Å². The van der Waals surface area contributed by atoms with E-state index in [0.29, 0.717) is 12.1 Å². The van der Waals surface area contributed by atoms with Gasteiger partial charge in [0, 0.05) is 77.9 Å². The molecule has 7 aromatic rings. The molecule has 0 fully saturated rings. The third kappa shape index (κ3) is 16.5. The number of nitrogens with one attached hydrogen (secondary N) is 1. The van der Waals surface area contributed by atoms with Crippen LogP contribution in [0.15, 0.2) is 126 Å². The fraction of sp³-hybridized carbons (Fsp3) is 0.158. The first-order valence-electron chi connectivity index (χ1n) is 14.5. The SMILES string of the molecule is Brc1cnc2ccccc2c1.C.COC(CN)OC.C[O-].N#Cc1cnc2ccccc2c1.[C-]#N.[Cu+].[Na+].c1ccc2ncc(-c3ncc[nH]3)cc2c1. The van der Waals surface area contributed by atoms with Gasteiger partial charge in [-0.25, -0.2) is 4.98 Å². The number of para-hydroxylation sites is 3. The van der Waals surface area contributed by atoms with Gasteiger partial charge in [-0.1, -0.05) is 62.0 Å². The van der Waals surface area contributed by atoms with Crippen LogP contribution in [-0.4, -0.2) is 59.1 Å². The van der Waals surface area contributed by atoms with E-state index in [4.69, 9.17) is 37.4 Å². The summed E-state index contributed by atoms with van der Waals surface area (Å²) in [6.07, 6.45) is 8.54. The Morgan fingerprint density at radius 2 is 1.25 bits per heavy atom. The second-order valence-corrected chi connectivity index (χ2v) is 10.3. The van der Waals surface area contributed by atoms with E-state index in [1.807, 2.05) is 91.4 Å². The van der Waals surface area contributed by atoms with Crippen molar-refractivity contribution in [3.05, 3.63) is 139 Å². The quantitative estimate of drug-likeness (QED) is 0.150. The van der Waals surface area contributed by atoms with Gasteiger partial charge in [0.2, 0.25) is 0 Å². The fourth-order valence-electron chi connectivity index (χ4n) is 4.09. The molecule has 0 aliphatic heterocycles. The Hall–Kier alpha value is -4.08. The fourth-order valence-corrected chi connectivity index (χ4v) is 4.44. The van der Waals surface area contributed by atoms with E-state index in [9.17, 15) is 0 Å². The van der Waals surface area contributed by atoms with Crippen LogP contribution in [0.25, 0.3) is 44.1 Å². The van der Waals surface area contributed by atoms with Gasteiger partial charge in [0.25, 0.3) is 0 Å². The zero-order valence-electron chi connectivity index (χ0n) is 28.5. The summed E-state index contributed by atoms with van der Waals surface area (Å²) < 4.78 is 10.4. The van der Waals surface area contributed by atoms with E-state index in [-0.39, 0.29) is 60.3 Å². The average molecular weight is 822 g/mol. The minimum Gasteiger partial charge on any atom is -0.857 e. The number of aromatic nitrogens is 5. The maximum Gasteiger partial charge on any atom is 1.00 e. The molecule has 0 aliphatic rings. The van der Waals surface area contributed by atoms with Gasteiger partial charge >= 0.3 is 46.6 Å². The van der Waals surface area contributed by atoms with E-state index < -0.39 is 0 Å². The molecule has 0 atom stereocenters. The topological polar surface area (TPSA) is 182 Å². The standard InChI is InChI=1S/C12H9N3.C10H6N2.C9H6BrN.C4H11NO2.CN.CH3O.CH4.Cu.Na/c1-2-4-11-9(3-1)7-10(8-15-11)12-13-5-6-14-12;11-6-8-5-9-3-1-2-4-10(9)12-7-8;10-8-5-7-3-1-2-4-9(7)11-6-8;1-6-4(3-5)7-2;2*1-2;;;/h1-8H,(H,13,14);1-5,7H;1-6H;4H,3,5H2,1-2H3;;1H3;1H4;;/q;;;;2*-1;;2*+1. The van der Waals surface area contributed by atoms with Gasteiger partial charge in [-0.15, -0.1) is 0 Å². The van der Waals surface area contributed by atoms with Crippen molar-refractivity contribution in [1.29, 1.82) is 10.5 Å². The molecule has 3 aromatic carbocycles. The van der Waals surface area contributed by atoms with Crippen molar-refractivity contribution in [2.24, 2.45) is 5.73 Å². The molecule has 0 aliphatic carbocycles. The predicted octanol–water partition coefficient (Wildman–Crippen LogP) is 4.00. The van der Waals surface area contributed by atoms with E-state index in [0.717, 1.165) is 50.3 Å². The summed E-state index contributed by atoms with van der Waals surface area (Å²) in [7, 11) is 3.86. The molecule has 11 nitrogen and oxygen atoms in total. The number of methoxy groups -OCH3 is 2. The number of halogens is 1. The molecule has 4 aromatic heterocycles. The molecule has 268 valence electrons. The summed E-state index contributed by atoms with van der Waals surface area (Å²) in [5.74, 6) is 0.855. The van der Waals surface area contributed by atoms with Crippen molar-refractivity contribution in [2.45, 2.75) is 13.7 Å². The summed E-state index contributed by atoms with van der Waals surface area (Å²) in [6, 6.07) is 31.9. The van der Waals surface area contributed by atoms with Crippen LogP contribution < -0.4 is 40.4 Å². The molecule has 0 amide bonds. The number of benzene rings is 3. The third-order valence-electron chi connectivity index (χ3n) is 6.36. The number of nitrogens with two attached hydrogens (primary N) is 1. The van der Waals surface area contributed by atoms with Gasteiger partial charge in [0.05, 0.1) is 22.1 Å². The van der Waals surface area contributed by atoms with Gasteiger partial charge in [-0.3, -0.25) is 15.0 Å². The maximum atomic E-state index is 8.61. The van der Waals surface area contributed by atoms with Crippen molar-refractivity contribution in [3.63, 3.8) is 0 Å². The average Bonchev–Trinajstić information content (AvgIpc) is 3.73. The summed E-state index contributed by atoms with van der Waals surface area (Å²) in [5, 5.41) is 26.4. The van der Waals surface area contributed by atoms with Gasteiger partial charge in [-0.05, 0) is 52.3 Å². The Labute approximate surface area is 346 Å². The molecule has 52 heavy (non-hydrogen) atoms. The molecule has 0 radical (unpaired) electrons. The van der Waals surface area contributed by atoms with Crippen LogP contribution in [0.4, 0.5) is 0 Å². The monoisotopic (exact) mass is 820 g/mol. The van der Waals surface area contributed by atoms with Crippen molar-refractivity contribution >= 4 is 48.6 Å². The number of fused-ring (bicyclic) bond motifs is 3. The Bertz CT molecular complexity index is 2040. The number of nitriles is 1. The van der Waals surface area contributed by atoms with Crippen LogP contribution in [-0.2, 0) is 26.5 Å². The number of ether oxygens (including phenoxy) is 2. The van der Waals surface area contributed by atoms with Gasteiger partial charge in [0.1, 0.15) is 11.9 Å². The van der Waals surface area contributed by atoms with Crippen LogP contribution in [0.1, 0.15) is 13.0 Å². The number of imidazole rings is 1. The van der Waals surface area contributed by atoms with Crippen LogP contribution in [0.3, 0.4) is 0 Å². The molecule has 4 heterocycles. The number of rotatable bonds is 4. The zero-order valence-corrected chi connectivity index (χ0v) is 33.0. The second-order valence-electron chi connectivity index (χ2n) is 9.37. The number of hydrogen-bond donors (Lipinski definition) is 2. The van der Waals surface area contributed by atoms with E-state index in [2.05, 4.69) is 65.1 Å². The van der Waals surface area contributed by atoms with E-state index in [1.54, 1.807) is 26.6 Å². The molecule has 0 bridgehead atoms. The third-order valence-corrected chi connectivity index (χ3v) is 6.79. The number of nitrogens with zero attached hydrogens (tertiary/aromatic N) is 6.